The molecule has 2 N–H and O–H groups in total. The molecule has 2 atom stereocenters. The molecular weight excluding hydrogens is 440 g/mol. The molecular formula is C22H24F4N6O. The highest BCUT2D eigenvalue weighted by molar-refractivity contribution is 5.44. The minimum absolute atomic E-state index is 0.0923. The molecule has 3 aromatic rings. The Labute approximate surface area is 188 Å². The van der Waals surface area contributed by atoms with Gasteiger partial charge in [-0.05, 0) is 53.6 Å². The van der Waals surface area contributed by atoms with E-state index >= 15 is 0 Å². The number of nitrogens with one attached hydrogen (secondary N) is 2. The Kier molecular flexibility index (Phi) is 7.19. The summed E-state index contributed by atoms with van der Waals surface area (Å²) in [5, 5.41) is 16.8. The van der Waals surface area contributed by atoms with Crippen LogP contribution in [0.4, 0.5) is 17.6 Å². The zero-order valence-electron chi connectivity index (χ0n) is 17.7. The third-order valence-corrected chi connectivity index (χ3v) is 5.52. The molecule has 0 radical (unpaired) electrons. The van der Waals surface area contributed by atoms with Crippen molar-refractivity contribution >= 4 is 0 Å². The topological polar surface area (TPSA) is 76.9 Å². The lowest BCUT2D eigenvalue weighted by atomic mass is 9.92. The molecule has 1 aliphatic heterocycles. The van der Waals surface area contributed by atoms with Crippen molar-refractivity contribution in [1.82, 2.24) is 30.8 Å². The molecule has 7 nitrogen and oxygen atoms in total. The fourth-order valence-electron chi connectivity index (χ4n) is 4.02. The Balaban J connectivity index is 1.59. The lowest BCUT2D eigenvalue weighted by Crippen LogP contribution is -2.45. The number of ether oxygens (including phenoxy) is 1. The van der Waals surface area contributed by atoms with E-state index in [1.165, 1.54) is 18.2 Å². The van der Waals surface area contributed by atoms with E-state index in [0.717, 1.165) is 24.9 Å². The predicted octanol–water partition coefficient (Wildman–Crippen LogP) is 3.61. The first-order chi connectivity index (χ1) is 16.0. The standard InChI is InChI=1S/C22H24F4N6O/c23-10-12-33-19-9-8-17(32-21(22(24,25)26)29-30-31-32)13-16(19)14-28-18-7-4-11-27-20(18)15-5-2-1-3-6-15/h1-3,5-6,8-9,13,18,20,27-28H,4,7,10-12,14H2/t18-,20-/m0/s1. The van der Waals surface area contributed by atoms with Gasteiger partial charge in [-0.3, -0.25) is 0 Å². The normalized spacial score (nSPS) is 18.9. The zero-order valence-corrected chi connectivity index (χ0v) is 17.7. The number of nitrogens with zero attached hydrogens (tertiary/aromatic N) is 4. The molecule has 1 aliphatic rings. The van der Waals surface area contributed by atoms with Crippen LogP contribution in [0.25, 0.3) is 5.69 Å². The summed E-state index contributed by atoms with van der Waals surface area (Å²) < 4.78 is 58.6. The van der Waals surface area contributed by atoms with Gasteiger partial charge in [0.25, 0.3) is 5.82 Å². The van der Waals surface area contributed by atoms with E-state index < -0.39 is 18.7 Å². The lowest BCUT2D eigenvalue weighted by Gasteiger charge is -2.34. The van der Waals surface area contributed by atoms with Gasteiger partial charge < -0.3 is 15.4 Å². The maximum Gasteiger partial charge on any atom is 0.453 e. The molecule has 176 valence electrons. The van der Waals surface area contributed by atoms with Gasteiger partial charge in [-0.1, -0.05) is 30.3 Å². The minimum atomic E-state index is -4.71. The zero-order chi connectivity index (χ0) is 23.3. The van der Waals surface area contributed by atoms with Gasteiger partial charge in [0.2, 0.25) is 0 Å². The van der Waals surface area contributed by atoms with Gasteiger partial charge in [-0.15, -0.1) is 5.10 Å². The summed E-state index contributed by atoms with van der Waals surface area (Å²) in [6.45, 7) is 0.386. The van der Waals surface area contributed by atoms with Gasteiger partial charge in [0.1, 0.15) is 19.0 Å². The second kappa shape index (κ2) is 10.3. The van der Waals surface area contributed by atoms with Gasteiger partial charge >= 0.3 is 6.18 Å². The average Bonchev–Trinajstić information content (AvgIpc) is 3.33. The van der Waals surface area contributed by atoms with Crippen LogP contribution in [0.5, 0.6) is 5.75 Å². The lowest BCUT2D eigenvalue weighted by molar-refractivity contribution is -0.146. The molecule has 11 heteroatoms. The molecule has 4 rings (SSSR count). The highest BCUT2D eigenvalue weighted by atomic mass is 19.4. The van der Waals surface area contributed by atoms with Crippen molar-refractivity contribution in [3.63, 3.8) is 0 Å². The first-order valence-electron chi connectivity index (χ1n) is 10.7. The maximum atomic E-state index is 13.3. The molecule has 1 fully saturated rings. The average molecular weight is 464 g/mol. The highest BCUT2D eigenvalue weighted by Gasteiger charge is 2.38. The predicted molar refractivity (Wildman–Crippen MR) is 113 cm³/mol. The molecule has 0 saturated carbocycles. The van der Waals surface area contributed by atoms with Crippen LogP contribution in [-0.2, 0) is 12.7 Å². The number of tetrazole rings is 1. The van der Waals surface area contributed by atoms with Gasteiger partial charge in [-0.25, -0.2) is 4.39 Å². The SMILES string of the molecule is FCCOc1ccc(-n2nnnc2C(F)(F)F)cc1CN[C@H]1CCCN[C@H]1c1ccccc1. The van der Waals surface area contributed by atoms with Gasteiger partial charge in [-0.2, -0.15) is 17.9 Å². The molecule has 2 heterocycles. The molecule has 1 saturated heterocycles. The summed E-state index contributed by atoms with van der Waals surface area (Å²) in [4.78, 5) is 0. The van der Waals surface area contributed by atoms with Crippen molar-refractivity contribution in [2.45, 2.75) is 37.6 Å². The van der Waals surface area contributed by atoms with E-state index in [4.69, 9.17) is 4.74 Å². The number of aromatic nitrogens is 4. The molecule has 0 aliphatic carbocycles. The number of halogens is 4. The first-order valence-corrected chi connectivity index (χ1v) is 10.7. The van der Waals surface area contributed by atoms with Crippen molar-refractivity contribution in [3.8, 4) is 11.4 Å². The van der Waals surface area contributed by atoms with Gasteiger partial charge in [0.05, 0.1) is 5.69 Å². The Bertz CT molecular complexity index is 1040. The number of hydrogen-bond donors (Lipinski definition) is 2. The van der Waals surface area contributed by atoms with Crippen molar-refractivity contribution in [3.05, 3.63) is 65.5 Å². The molecule has 33 heavy (non-hydrogen) atoms. The van der Waals surface area contributed by atoms with Crippen LogP contribution in [0.1, 0.15) is 35.8 Å². The second-order valence-electron chi connectivity index (χ2n) is 7.71. The number of benzene rings is 2. The van der Waals surface area contributed by atoms with Crippen molar-refractivity contribution in [1.29, 1.82) is 0 Å². The summed E-state index contributed by atoms with van der Waals surface area (Å²) in [5.41, 5.74) is 1.88. The summed E-state index contributed by atoms with van der Waals surface area (Å²) >= 11 is 0. The third kappa shape index (κ3) is 5.48. The summed E-state index contributed by atoms with van der Waals surface area (Å²) in [6.07, 6.45) is -2.79. The minimum Gasteiger partial charge on any atom is -0.491 e. The Hall–Kier alpha value is -3.05. The van der Waals surface area contributed by atoms with E-state index in [1.54, 1.807) is 0 Å². The quantitative estimate of drug-likeness (QED) is 0.496. The van der Waals surface area contributed by atoms with E-state index in [9.17, 15) is 17.6 Å². The van der Waals surface area contributed by atoms with Crippen LogP contribution < -0.4 is 15.4 Å². The Morgan fingerprint density at radius 2 is 1.97 bits per heavy atom. The molecule has 2 aromatic carbocycles. The van der Waals surface area contributed by atoms with Gasteiger partial charge in [0, 0.05) is 24.2 Å². The van der Waals surface area contributed by atoms with Crippen LogP contribution in [0, 0.1) is 0 Å². The number of rotatable bonds is 8. The first kappa shape index (κ1) is 23.1. The van der Waals surface area contributed by atoms with Crippen LogP contribution in [0.3, 0.4) is 0 Å². The largest absolute Gasteiger partial charge is 0.491 e. The molecule has 0 spiro atoms. The summed E-state index contributed by atoms with van der Waals surface area (Å²) in [6, 6.07) is 14.7. The number of hydrogen-bond acceptors (Lipinski definition) is 6. The third-order valence-electron chi connectivity index (χ3n) is 5.52. The van der Waals surface area contributed by atoms with E-state index in [1.807, 2.05) is 18.2 Å². The monoisotopic (exact) mass is 464 g/mol. The second-order valence-corrected chi connectivity index (χ2v) is 7.71. The van der Waals surface area contributed by atoms with Crippen molar-refractivity contribution in [2.75, 3.05) is 19.8 Å². The molecule has 0 unspecified atom stereocenters. The van der Waals surface area contributed by atoms with Crippen LogP contribution in [-0.4, -0.2) is 46.1 Å². The van der Waals surface area contributed by atoms with Gasteiger partial charge in [0.15, 0.2) is 0 Å². The van der Waals surface area contributed by atoms with Crippen LogP contribution in [0.15, 0.2) is 48.5 Å². The number of alkyl halides is 4. The number of piperidine rings is 1. The van der Waals surface area contributed by atoms with E-state index in [0.29, 0.717) is 22.5 Å². The Morgan fingerprint density at radius 3 is 2.73 bits per heavy atom. The maximum absolute atomic E-state index is 13.3. The molecule has 1 aromatic heterocycles. The summed E-state index contributed by atoms with van der Waals surface area (Å²) in [7, 11) is 0. The summed E-state index contributed by atoms with van der Waals surface area (Å²) in [5.74, 6) is -0.829. The van der Waals surface area contributed by atoms with Crippen LogP contribution in [0.2, 0.25) is 0 Å². The van der Waals surface area contributed by atoms with Crippen LogP contribution >= 0.6 is 0 Å². The smallest absolute Gasteiger partial charge is 0.453 e. The molecule has 0 amide bonds. The molecule has 0 bridgehead atoms. The highest BCUT2D eigenvalue weighted by Crippen LogP contribution is 2.30. The fourth-order valence-corrected chi connectivity index (χ4v) is 4.02. The van der Waals surface area contributed by atoms with E-state index in [-0.39, 0.29) is 24.4 Å². The fraction of sp³-hybridized carbons (Fsp3) is 0.409. The van der Waals surface area contributed by atoms with Crippen molar-refractivity contribution in [2.24, 2.45) is 0 Å². The van der Waals surface area contributed by atoms with Crippen molar-refractivity contribution < 1.29 is 22.3 Å². The van der Waals surface area contributed by atoms with E-state index in [2.05, 4.69) is 38.3 Å². The Morgan fingerprint density at radius 1 is 1.15 bits per heavy atom.